The van der Waals surface area contributed by atoms with E-state index >= 15 is 0 Å². The minimum Gasteiger partial charge on any atom is -0.354 e. The van der Waals surface area contributed by atoms with E-state index in [-0.39, 0.29) is 5.91 Å². The maximum atomic E-state index is 12.2. The zero-order chi connectivity index (χ0) is 17.5. The molecule has 0 fully saturated rings. The highest BCUT2D eigenvalue weighted by Gasteiger charge is 2.08. The summed E-state index contributed by atoms with van der Waals surface area (Å²) in [6.45, 7) is 0.730. The minimum atomic E-state index is -0.242. The molecule has 0 aliphatic heterocycles. The number of nitrogens with zero attached hydrogens (tertiary/aromatic N) is 2. The fraction of sp³-hybridized carbons (Fsp3) is 0.105. The van der Waals surface area contributed by atoms with Crippen molar-refractivity contribution >= 4 is 33.5 Å². The van der Waals surface area contributed by atoms with Gasteiger partial charge in [0.2, 0.25) is 5.95 Å². The third kappa shape index (κ3) is 5.12. The summed E-state index contributed by atoms with van der Waals surface area (Å²) in [5.74, 6) is 0.267. The van der Waals surface area contributed by atoms with E-state index in [0.29, 0.717) is 17.2 Å². The second-order valence-electron chi connectivity index (χ2n) is 5.42. The molecule has 5 nitrogen and oxygen atoms in total. The lowest BCUT2D eigenvalue weighted by molar-refractivity contribution is 0.102. The van der Waals surface area contributed by atoms with Crippen LogP contribution in [0.4, 0.5) is 11.6 Å². The van der Waals surface area contributed by atoms with Crippen LogP contribution in [-0.2, 0) is 6.42 Å². The van der Waals surface area contributed by atoms with E-state index in [1.807, 2.05) is 42.5 Å². The van der Waals surface area contributed by atoms with Crippen LogP contribution in [0.2, 0.25) is 0 Å². The Balaban J connectivity index is 1.53. The highest BCUT2D eigenvalue weighted by Crippen LogP contribution is 2.16. The third-order valence-electron chi connectivity index (χ3n) is 3.54. The first kappa shape index (κ1) is 17.1. The SMILES string of the molecule is O=C(Nc1cccc(Br)c1)c1cnc(NCCc2ccccc2)nc1. The second-order valence-corrected chi connectivity index (χ2v) is 6.34. The molecule has 2 aromatic carbocycles. The van der Waals surface area contributed by atoms with Crippen LogP contribution in [0.5, 0.6) is 0 Å². The molecular weight excluding hydrogens is 380 g/mol. The second kappa shape index (κ2) is 8.39. The maximum absolute atomic E-state index is 12.2. The molecule has 25 heavy (non-hydrogen) atoms. The van der Waals surface area contributed by atoms with Gasteiger partial charge < -0.3 is 10.6 Å². The molecule has 0 bridgehead atoms. The van der Waals surface area contributed by atoms with Crippen LogP contribution in [0.1, 0.15) is 15.9 Å². The molecule has 1 amide bonds. The average molecular weight is 397 g/mol. The van der Waals surface area contributed by atoms with Gasteiger partial charge in [-0.1, -0.05) is 52.3 Å². The molecular formula is C19H17BrN4O. The number of amides is 1. The first-order valence-electron chi connectivity index (χ1n) is 7.87. The molecule has 0 aliphatic carbocycles. The monoisotopic (exact) mass is 396 g/mol. The quantitative estimate of drug-likeness (QED) is 0.656. The molecule has 0 saturated heterocycles. The molecule has 1 heterocycles. The fourth-order valence-electron chi connectivity index (χ4n) is 2.27. The van der Waals surface area contributed by atoms with Gasteiger partial charge in [0, 0.05) is 29.1 Å². The summed E-state index contributed by atoms with van der Waals surface area (Å²) in [6.07, 6.45) is 3.92. The van der Waals surface area contributed by atoms with Gasteiger partial charge >= 0.3 is 0 Å². The molecule has 6 heteroatoms. The number of benzene rings is 2. The Morgan fingerprint density at radius 2 is 1.76 bits per heavy atom. The van der Waals surface area contributed by atoms with Gasteiger partial charge in [0.25, 0.3) is 5.91 Å². The predicted molar refractivity (Wildman–Crippen MR) is 103 cm³/mol. The molecule has 0 atom stereocenters. The molecule has 0 saturated carbocycles. The number of aromatic nitrogens is 2. The zero-order valence-corrected chi connectivity index (χ0v) is 15.0. The van der Waals surface area contributed by atoms with E-state index in [1.54, 1.807) is 0 Å². The highest BCUT2D eigenvalue weighted by molar-refractivity contribution is 9.10. The number of hydrogen-bond acceptors (Lipinski definition) is 4. The third-order valence-corrected chi connectivity index (χ3v) is 4.03. The number of carbonyl (C=O) groups is 1. The van der Waals surface area contributed by atoms with Gasteiger partial charge in [-0.2, -0.15) is 0 Å². The zero-order valence-electron chi connectivity index (χ0n) is 13.4. The smallest absolute Gasteiger partial charge is 0.258 e. The van der Waals surface area contributed by atoms with Crippen molar-refractivity contribution in [2.45, 2.75) is 6.42 Å². The molecule has 3 rings (SSSR count). The lowest BCUT2D eigenvalue weighted by Crippen LogP contribution is -2.14. The highest BCUT2D eigenvalue weighted by atomic mass is 79.9. The van der Waals surface area contributed by atoms with Crippen molar-refractivity contribution in [3.8, 4) is 0 Å². The van der Waals surface area contributed by atoms with Gasteiger partial charge in [-0.25, -0.2) is 9.97 Å². The Morgan fingerprint density at radius 1 is 1.00 bits per heavy atom. The van der Waals surface area contributed by atoms with Crippen molar-refractivity contribution < 1.29 is 4.79 Å². The summed E-state index contributed by atoms with van der Waals surface area (Å²) in [5, 5.41) is 5.97. The van der Waals surface area contributed by atoms with Crippen molar-refractivity contribution in [1.82, 2.24) is 9.97 Å². The standard InChI is InChI=1S/C19H17BrN4O/c20-16-7-4-8-17(11-16)24-18(25)15-12-22-19(23-13-15)21-10-9-14-5-2-1-3-6-14/h1-8,11-13H,9-10H2,(H,24,25)(H,21,22,23). The summed E-state index contributed by atoms with van der Waals surface area (Å²) in [5.41, 5.74) is 2.37. The van der Waals surface area contributed by atoms with Gasteiger partial charge in [-0.15, -0.1) is 0 Å². The Hall–Kier alpha value is -2.73. The van der Waals surface area contributed by atoms with Crippen LogP contribution in [0.3, 0.4) is 0 Å². The summed E-state index contributed by atoms with van der Waals surface area (Å²) >= 11 is 3.37. The van der Waals surface area contributed by atoms with Crippen LogP contribution in [0, 0.1) is 0 Å². The summed E-state index contributed by atoms with van der Waals surface area (Å²) in [6, 6.07) is 17.6. The van der Waals surface area contributed by atoms with Gasteiger partial charge in [0.15, 0.2) is 0 Å². The van der Waals surface area contributed by atoms with E-state index in [4.69, 9.17) is 0 Å². The summed E-state index contributed by atoms with van der Waals surface area (Å²) in [7, 11) is 0. The number of anilines is 2. The summed E-state index contributed by atoms with van der Waals surface area (Å²) < 4.78 is 0.902. The van der Waals surface area contributed by atoms with Crippen molar-refractivity contribution in [2.24, 2.45) is 0 Å². The lowest BCUT2D eigenvalue weighted by atomic mass is 10.1. The first-order valence-corrected chi connectivity index (χ1v) is 8.67. The van der Waals surface area contributed by atoms with E-state index in [2.05, 4.69) is 48.7 Å². The predicted octanol–water partition coefficient (Wildman–Crippen LogP) is 4.15. The number of rotatable bonds is 6. The molecule has 0 spiro atoms. The topological polar surface area (TPSA) is 66.9 Å². The van der Waals surface area contributed by atoms with Gasteiger partial charge in [0.1, 0.15) is 0 Å². The van der Waals surface area contributed by atoms with E-state index in [1.165, 1.54) is 18.0 Å². The maximum Gasteiger partial charge on any atom is 0.258 e. The molecule has 3 aromatic rings. The van der Waals surface area contributed by atoms with Crippen LogP contribution in [-0.4, -0.2) is 22.4 Å². The van der Waals surface area contributed by atoms with Crippen molar-refractivity contribution in [1.29, 1.82) is 0 Å². The average Bonchev–Trinajstić information content (AvgIpc) is 2.63. The largest absolute Gasteiger partial charge is 0.354 e. The van der Waals surface area contributed by atoms with Gasteiger partial charge in [0.05, 0.1) is 5.56 Å². The van der Waals surface area contributed by atoms with Gasteiger partial charge in [-0.05, 0) is 30.2 Å². The van der Waals surface area contributed by atoms with Crippen molar-refractivity contribution in [3.63, 3.8) is 0 Å². The van der Waals surface area contributed by atoms with Crippen molar-refractivity contribution in [2.75, 3.05) is 17.2 Å². The normalized spacial score (nSPS) is 10.3. The number of halogens is 1. The van der Waals surface area contributed by atoms with E-state index in [0.717, 1.165) is 17.4 Å². The first-order chi connectivity index (χ1) is 12.2. The number of nitrogens with one attached hydrogen (secondary N) is 2. The van der Waals surface area contributed by atoms with Crippen LogP contribution >= 0.6 is 15.9 Å². The summed E-state index contributed by atoms with van der Waals surface area (Å²) in [4.78, 5) is 20.6. The number of carbonyl (C=O) groups excluding carboxylic acids is 1. The van der Waals surface area contributed by atoms with Crippen LogP contribution < -0.4 is 10.6 Å². The molecule has 0 aliphatic rings. The van der Waals surface area contributed by atoms with Crippen molar-refractivity contribution in [3.05, 3.63) is 82.6 Å². The Morgan fingerprint density at radius 3 is 2.48 bits per heavy atom. The Kier molecular flexibility index (Phi) is 5.74. The Labute approximate surface area is 154 Å². The lowest BCUT2D eigenvalue weighted by Gasteiger charge is -2.07. The molecule has 2 N–H and O–H groups in total. The molecule has 1 aromatic heterocycles. The fourth-order valence-corrected chi connectivity index (χ4v) is 2.67. The molecule has 126 valence electrons. The van der Waals surface area contributed by atoms with E-state index in [9.17, 15) is 4.79 Å². The molecule has 0 unspecified atom stereocenters. The van der Waals surface area contributed by atoms with Gasteiger partial charge in [-0.3, -0.25) is 4.79 Å². The molecule has 0 radical (unpaired) electrons. The minimum absolute atomic E-state index is 0.242. The van der Waals surface area contributed by atoms with E-state index < -0.39 is 0 Å². The number of hydrogen-bond donors (Lipinski definition) is 2. The van der Waals surface area contributed by atoms with Crippen LogP contribution in [0.15, 0.2) is 71.5 Å². The van der Waals surface area contributed by atoms with Crippen LogP contribution in [0.25, 0.3) is 0 Å². The Bertz CT molecular complexity index is 838.